The Balaban J connectivity index is 1.11. The molecule has 34 heavy (non-hydrogen) atoms. The zero-order valence-corrected chi connectivity index (χ0v) is 19.5. The van der Waals surface area contributed by atoms with E-state index < -0.39 is 0 Å². The molecule has 1 aromatic carbocycles. The minimum atomic E-state index is -0.103. The molecule has 0 atom stereocenters. The van der Waals surface area contributed by atoms with E-state index in [-0.39, 0.29) is 11.8 Å². The van der Waals surface area contributed by atoms with Gasteiger partial charge in [0, 0.05) is 53.9 Å². The van der Waals surface area contributed by atoms with Crippen LogP contribution in [0, 0.1) is 19.8 Å². The fraction of sp³-hybridized carbons (Fsp3) is 0.208. The second-order valence-electron chi connectivity index (χ2n) is 8.46. The molecular weight excluding hydrogens is 448 g/mol. The number of carbonyl (C=O) groups is 1. The van der Waals surface area contributed by atoms with E-state index in [1.54, 1.807) is 22.3 Å². The number of nitrogens with zero attached hydrogens (tertiary/aromatic N) is 7. The molecule has 0 spiro atoms. The predicted octanol–water partition coefficient (Wildman–Crippen LogP) is 3.73. The number of imidazole rings is 1. The van der Waals surface area contributed by atoms with E-state index in [1.165, 1.54) is 0 Å². The van der Waals surface area contributed by atoms with Crippen LogP contribution in [-0.2, 0) is 4.79 Å². The van der Waals surface area contributed by atoms with Gasteiger partial charge < -0.3 is 10.2 Å². The molecule has 0 radical (unpaired) electrons. The quantitative estimate of drug-likeness (QED) is 0.421. The first kappa shape index (κ1) is 20.5. The minimum absolute atomic E-state index is 0.00653. The largest absolute Gasteiger partial charge is 0.355 e. The van der Waals surface area contributed by atoms with Crippen molar-refractivity contribution in [3.8, 4) is 17.1 Å². The summed E-state index contributed by atoms with van der Waals surface area (Å²) < 4.78 is 3.81. The number of aryl methyl sites for hydroxylation is 2. The van der Waals surface area contributed by atoms with E-state index in [0.29, 0.717) is 13.1 Å². The summed E-state index contributed by atoms with van der Waals surface area (Å²) in [6.07, 6.45) is 5.53. The number of carbonyl (C=O) groups excluding carboxylic acids is 1. The van der Waals surface area contributed by atoms with Crippen LogP contribution in [0.4, 0.5) is 11.5 Å². The highest BCUT2D eigenvalue weighted by Gasteiger charge is 2.34. The second-order valence-corrected chi connectivity index (χ2v) is 9.34. The molecule has 1 aliphatic heterocycles. The Kier molecular flexibility index (Phi) is 4.88. The van der Waals surface area contributed by atoms with Crippen LogP contribution in [0.15, 0.2) is 60.5 Å². The second kappa shape index (κ2) is 8.07. The van der Waals surface area contributed by atoms with Gasteiger partial charge in [-0.05, 0) is 32.0 Å². The third-order valence-electron chi connectivity index (χ3n) is 5.96. The number of nitrogens with one attached hydrogen (secondary N) is 1. The van der Waals surface area contributed by atoms with E-state index in [4.69, 9.17) is 0 Å². The van der Waals surface area contributed by atoms with Crippen molar-refractivity contribution in [2.24, 2.45) is 5.92 Å². The topological polar surface area (TPSA) is 93.2 Å². The predicted molar refractivity (Wildman–Crippen MR) is 131 cm³/mol. The van der Waals surface area contributed by atoms with E-state index in [2.05, 4.69) is 30.3 Å². The van der Waals surface area contributed by atoms with Crippen LogP contribution in [0.1, 0.15) is 11.4 Å². The Bertz CT molecular complexity index is 1480. The number of anilines is 2. The van der Waals surface area contributed by atoms with Crippen LogP contribution in [0.3, 0.4) is 0 Å². The maximum absolute atomic E-state index is 12.9. The molecule has 9 nitrogen and oxygen atoms in total. The number of thiazole rings is 1. The van der Waals surface area contributed by atoms with E-state index >= 15 is 0 Å². The van der Waals surface area contributed by atoms with Gasteiger partial charge in [-0.25, -0.2) is 19.6 Å². The summed E-state index contributed by atoms with van der Waals surface area (Å²) in [5.74, 6) is 1.42. The average molecular weight is 471 g/mol. The monoisotopic (exact) mass is 470 g/mol. The van der Waals surface area contributed by atoms with Crippen LogP contribution in [-0.4, -0.2) is 48.1 Å². The van der Waals surface area contributed by atoms with Crippen molar-refractivity contribution in [3.63, 3.8) is 0 Å². The highest BCUT2D eigenvalue weighted by molar-refractivity contribution is 7.15. The summed E-state index contributed by atoms with van der Waals surface area (Å²) in [6, 6.07) is 11.7. The highest BCUT2D eigenvalue weighted by atomic mass is 32.1. The van der Waals surface area contributed by atoms with Crippen LogP contribution in [0.25, 0.3) is 22.0 Å². The van der Waals surface area contributed by atoms with Crippen LogP contribution >= 0.6 is 11.3 Å². The third kappa shape index (κ3) is 3.71. The number of rotatable bonds is 5. The molecule has 1 saturated heterocycles. The van der Waals surface area contributed by atoms with Gasteiger partial charge in [0.15, 0.2) is 10.8 Å². The lowest BCUT2D eigenvalue weighted by Gasteiger charge is -2.39. The fourth-order valence-corrected chi connectivity index (χ4v) is 4.89. The minimum Gasteiger partial charge on any atom is -0.355 e. The molecular formula is C24H22N8OS. The van der Waals surface area contributed by atoms with Gasteiger partial charge >= 0.3 is 0 Å². The maximum atomic E-state index is 12.9. The van der Waals surface area contributed by atoms with E-state index in [1.807, 2.05) is 72.4 Å². The number of amides is 1. The highest BCUT2D eigenvalue weighted by Crippen LogP contribution is 2.27. The normalized spacial score (nSPS) is 13.9. The Morgan fingerprint density at radius 1 is 1.12 bits per heavy atom. The van der Waals surface area contributed by atoms with Crippen molar-refractivity contribution >= 4 is 33.7 Å². The SMILES string of the molecule is Cc1cc(C)n(-c2cc(N3CC(C(=O)Nc4cccc(-c5cn6ccsc6n5)c4)C3)ncn2)n1. The molecule has 0 aliphatic carbocycles. The standard InChI is InChI=1S/C24H22N8OS/c1-15-8-16(2)32(29-15)22-10-21(25-14-26-22)31-11-18(12-31)23(33)27-19-5-3-4-17(9-19)20-13-30-6-7-34-24(30)28-20/h3-10,13-14,18H,11-12H2,1-2H3,(H,27,33). The summed E-state index contributed by atoms with van der Waals surface area (Å²) in [5.41, 5.74) is 4.59. The average Bonchev–Trinajstić information content (AvgIpc) is 3.48. The van der Waals surface area contributed by atoms with Crippen molar-refractivity contribution in [2.45, 2.75) is 13.8 Å². The molecule has 1 aliphatic rings. The molecule has 0 bridgehead atoms. The molecule has 0 unspecified atom stereocenters. The molecule has 5 aromatic rings. The third-order valence-corrected chi connectivity index (χ3v) is 6.73. The first-order chi connectivity index (χ1) is 16.5. The van der Waals surface area contributed by atoms with Crippen LogP contribution in [0.2, 0.25) is 0 Å². The summed E-state index contributed by atoms with van der Waals surface area (Å²) in [5, 5.41) is 9.55. The van der Waals surface area contributed by atoms with Crippen molar-refractivity contribution in [3.05, 3.63) is 71.9 Å². The van der Waals surface area contributed by atoms with Crippen molar-refractivity contribution in [1.29, 1.82) is 0 Å². The molecule has 170 valence electrons. The Hall–Kier alpha value is -4.05. The van der Waals surface area contributed by atoms with Gasteiger partial charge in [-0.3, -0.25) is 9.20 Å². The molecule has 1 amide bonds. The van der Waals surface area contributed by atoms with Gasteiger partial charge in [-0.2, -0.15) is 5.10 Å². The molecule has 5 heterocycles. The molecule has 6 rings (SSSR count). The van der Waals surface area contributed by atoms with Crippen LogP contribution in [0.5, 0.6) is 0 Å². The first-order valence-corrected chi connectivity index (χ1v) is 11.9. The summed E-state index contributed by atoms with van der Waals surface area (Å²) >= 11 is 1.60. The number of benzene rings is 1. The molecule has 4 aromatic heterocycles. The maximum Gasteiger partial charge on any atom is 0.231 e. The van der Waals surface area contributed by atoms with Crippen molar-refractivity contribution in [1.82, 2.24) is 29.1 Å². The van der Waals surface area contributed by atoms with Gasteiger partial charge in [-0.15, -0.1) is 11.3 Å². The fourth-order valence-electron chi connectivity index (χ4n) is 4.19. The van der Waals surface area contributed by atoms with Crippen molar-refractivity contribution in [2.75, 3.05) is 23.3 Å². The molecule has 1 N–H and O–H groups in total. The van der Waals surface area contributed by atoms with Gasteiger partial charge in [0.25, 0.3) is 0 Å². The molecule has 10 heteroatoms. The summed E-state index contributed by atoms with van der Waals surface area (Å²) in [4.78, 5) is 29.3. The summed E-state index contributed by atoms with van der Waals surface area (Å²) in [6.45, 7) is 5.17. The lowest BCUT2D eigenvalue weighted by molar-refractivity contribution is -0.120. The number of aromatic nitrogens is 6. The zero-order valence-electron chi connectivity index (χ0n) is 18.7. The Morgan fingerprint density at radius 3 is 2.76 bits per heavy atom. The number of hydrogen-bond donors (Lipinski definition) is 1. The van der Waals surface area contributed by atoms with Gasteiger partial charge in [-0.1, -0.05) is 12.1 Å². The van der Waals surface area contributed by atoms with Gasteiger partial charge in [0.1, 0.15) is 12.1 Å². The van der Waals surface area contributed by atoms with E-state index in [9.17, 15) is 4.79 Å². The molecule has 0 saturated carbocycles. The van der Waals surface area contributed by atoms with E-state index in [0.717, 1.165) is 44.9 Å². The lowest BCUT2D eigenvalue weighted by Crippen LogP contribution is -2.52. The Morgan fingerprint density at radius 2 is 1.97 bits per heavy atom. The molecule has 1 fully saturated rings. The van der Waals surface area contributed by atoms with Gasteiger partial charge in [0.2, 0.25) is 5.91 Å². The number of hydrogen-bond acceptors (Lipinski definition) is 7. The number of fused-ring (bicyclic) bond motifs is 1. The van der Waals surface area contributed by atoms with Crippen LogP contribution < -0.4 is 10.2 Å². The lowest BCUT2D eigenvalue weighted by atomic mass is 9.99. The Labute approximate surface area is 199 Å². The summed E-state index contributed by atoms with van der Waals surface area (Å²) in [7, 11) is 0. The van der Waals surface area contributed by atoms with Gasteiger partial charge in [0.05, 0.1) is 17.3 Å². The first-order valence-electron chi connectivity index (χ1n) is 11.0. The zero-order chi connectivity index (χ0) is 23.2. The van der Waals surface area contributed by atoms with Crippen molar-refractivity contribution < 1.29 is 4.79 Å². The smallest absolute Gasteiger partial charge is 0.231 e.